The maximum Gasteiger partial charge on any atom is 0.257 e. The van der Waals surface area contributed by atoms with E-state index in [9.17, 15) is 4.79 Å². The number of nitrogens with zero attached hydrogens (tertiary/aromatic N) is 6. The molecule has 3 aliphatic heterocycles. The van der Waals surface area contributed by atoms with Gasteiger partial charge in [-0.15, -0.1) is 0 Å². The molecule has 3 aliphatic rings. The molecule has 0 bridgehead atoms. The van der Waals surface area contributed by atoms with Gasteiger partial charge in [0, 0.05) is 38.2 Å². The van der Waals surface area contributed by atoms with Gasteiger partial charge in [-0.1, -0.05) is 30.3 Å². The summed E-state index contributed by atoms with van der Waals surface area (Å²) < 4.78 is 8.22. The molecule has 32 heavy (non-hydrogen) atoms. The second-order valence-corrected chi connectivity index (χ2v) is 8.97. The van der Waals surface area contributed by atoms with Gasteiger partial charge in [0.15, 0.2) is 11.4 Å². The SMILES string of the molecule is Cc1cnn(-c2cc(N3CCC4(CC3)OC3CCC(c5ccccc5)N3C4=O)ncn2)c1. The molecule has 3 aromatic rings. The number of amides is 1. The van der Waals surface area contributed by atoms with Crippen molar-refractivity contribution in [2.75, 3.05) is 18.0 Å². The molecular formula is C24H26N6O2. The topological polar surface area (TPSA) is 76.4 Å². The van der Waals surface area contributed by atoms with Crippen molar-refractivity contribution in [1.82, 2.24) is 24.6 Å². The fourth-order valence-corrected chi connectivity index (χ4v) is 5.32. The highest BCUT2D eigenvalue weighted by Crippen LogP contribution is 2.47. The van der Waals surface area contributed by atoms with Crippen LogP contribution in [0, 0.1) is 6.92 Å². The summed E-state index contributed by atoms with van der Waals surface area (Å²) in [6.45, 7) is 3.44. The number of aryl methyl sites for hydroxylation is 1. The molecule has 164 valence electrons. The second kappa shape index (κ2) is 7.41. The van der Waals surface area contributed by atoms with Crippen LogP contribution in [0.3, 0.4) is 0 Å². The molecule has 1 amide bonds. The van der Waals surface area contributed by atoms with E-state index in [1.165, 1.54) is 5.56 Å². The first-order chi connectivity index (χ1) is 15.6. The number of carbonyl (C=O) groups is 1. The summed E-state index contributed by atoms with van der Waals surface area (Å²) in [4.78, 5) is 26.6. The molecule has 0 N–H and O–H groups in total. The van der Waals surface area contributed by atoms with Crippen molar-refractivity contribution in [2.24, 2.45) is 0 Å². The number of hydrogen-bond acceptors (Lipinski definition) is 6. The fourth-order valence-electron chi connectivity index (χ4n) is 5.32. The Balaban J connectivity index is 1.18. The van der Waals surface area contributed by atoms with Crippen LogP contribution in [0.2, 0.25) is 0 Å². The Labute approximate surface area is 186 Å². The lowest BCUT2D eigenvalue weighted by atomic mass is 9.89. The number of aromatic nitrogens is 4. The molecule has 2 atom stereocenters. The van der Waals surface area contributed by atoms with Crippen LogP contribution in [0.15, 0.2) is 55.1 Å². The van der Waals surface area contributed by atoms with Gasteiger partial charge in [-0.05, 0) is 30.9 Å². The molecule has 3 saturated heterocycles. The first kappa shape index (κ1) is 19.4. The Morgan fingerprint density at radius 3 is 2.59 bits per heavy atom. The summed E-state index contributed by atoms with van der Waals surface area (Å²) in [5.41, 5.74) is 1.57. The Morgan fingerprint density at radius 2 is 1.84 bits per heavy atom. The quantitative estimate of drug-likeness (QED) is 0.636. The van der Waals surface area contributed by atoms with Gasteiger partial charge in [0.2, 0.25) is 0 Å². The summed E-state index contributed by atoms with van der Waals surface area (Å²) in [5, 5.41) is 4.34. The van der Waals surface area contributed by atoms with Crippen LogP contribution >= 0.6 is 0 Å². The average Bonchev–Trinajstić information content (AvgIpc) is 3.51. The molecule has 3 fully saturated rings. The number of piperidine rings is 1. The number of hydrogen-bond donors (Lipinski definition) is 0. The van der Waals surface area contributed by atoms with E-state index in [2.05, 4.69) is 32.1 Å². The third kappa shape index (κ3) is 3.09. The Bertz CT molecular complexity index is 1140. The van der Waals surface area contributed by atoms with Crippen molar-refractivity contribution < 1.29 is 9.53 Å². The van der Waals surface area contributed by atoms with Gasteiger partial charge >= 0.3 is 0 Å². The molecule has 6 rings (SSSR count). The highest BCUT2D eigenvalue weighted by atomic mass is 16.6. The molecule has 2 unspecified atom stereocenters. The lowest BCUT2D eigenvalue weighted by molar-refractivity contribution is -0.140. The number of rotatable bonds is 3. The van der Waals surface area contributed by atoms with E-state index in [0.717, 1.165) is 43.1 Å². The van der Waals surface area contributed by atoms with Gasteiger partial charge in [0.05, 0.1) is 12.2 Å². The molecule has 0 saturated carbocycles. The molecular weight excluding hydrogens is 404 g/mol. The standard InChI is InChI=1S/C24H26N6O2/c1-17-14-27-29(15-17)21-13-20(25-16-26-21)28-11-9-24(10-12-28)23(31)30-19(7-8-22(30)32-24)18-5-3-2-4-6-18/h2-6,13-16,19,22H,7-12H2,1H3. The van der Waals surface area contributed by atoms with E-state index < -0.39 is 5.60 Å². The maximum absolute atomic E-state index is 13.6. The van der Waals surface area contributed by atoms with Gasteiger partial charge in [-0.2, -0.15) is 5.10 Å². The van der Waals surface area contributed by atoms with Gasteiger partial charge < -0.3 is 14.5 Å². The number of ether oxygens (including phenoxy) is 1. The minimum absolute atomic E-state index is 0.104. The summed E-state index contributed by atoms with van der Waals surface area (Å²) in [7, 11) is 0. The van der Waals surface area contributed by atoms with Crippen LogP contribution in [-0.2, 0) is 9.53 Å². The van der Waals surface area contributed by atoms with Gasteiger partial charge in [0.1, 0.15) is 18.4 Å². The third-order valence-electron chi connectivity index (χ3n) is 6.98. The second-order valence-electron chi connectivity index (χ2n) is 8.97. The number of benzene rings is 1. The Hall–Kier alpha value is -3.26. The summed E-state index contributed by atoms with van der Waals surface area (Å²) in [6.07, 6.45) is 8.41. The van der Waals surface area contributed by atoms with Crippen molar-refractivity contribution in [1.29, 1.82) is 0 Å². The van der Waals surface area contributed by atoms with Crippen molar-refractivity contribution in [3.63, 3.8) is 0 Å². The predicted octanol–water partition coefficient (Wildman–Crippen LogP) is 3.03. The monoisotopic (exact) mass is 430 g/mol. The zero-order valence-electron chi connectivity index (χ0n) is 18.1. The smallest absolute Gasteiger partial charge is 0.257 e. The normalized spacial score (nSPS) is 24.3. The van der Waals surface area contributed by atoms with E-state index >= 15 is 0 Å². The van der Waals surface area contributed by atoms with Crippen molar-refractivity contribution in [3.8, 4) is 5.82 Å². The lowest BCUT2D eigenvalue weighted by Gasteiger charge is -2.38. The molecule has 0 radical (unpaired) electrons. The molecule has 1 aromatic carbocycles. The molecule has 8 nitrogen and oxygen atoms in total. The summed E-state index contributed by atoms with van der Waals surface area (Å²) in [5.74, 6) is 1.75. The van der Waals surface area contributed by atoms with E-state index in [4.69, 9.17) is 4.74 Å². The third-order valence-corrected chi connectivity index (χ3v) is 6.98. The van der Waals surface area contributed by atoms with Crippen LogP contribution < -0.4 is 4.90 Å². The van der Waals surface area contributed by atoms with Crippen LogP contribution in [0.25, 0.3) is 5.82 Å². The lowest BCUT2D eigenvalue weighted by Crippen LogP contribution is -2.50. The van der Waals surface area contributed by atoms with E-state index in [1.807, 2.05) is 48.5 Å². The number of anilines is 1. The highest BCUT2D eigenvalue weighted by Gasteiger charge is 2.57. The Morgan fingerprint density at radius 1 is 1.06 bits per heavy atom. The molecule has 0 aliphatic carbocycles. The van der Waals surface area contributed by atoms with Gasteiger partial charge in [0.25, 0.3) is 5.91 Å². The summed E-state index contributed by atoms with van der Waals surface area (Å²) in [6, 6.07) is 12.4. The van der Waals surface area contributed by atoms with Crippen LogP contribution in [-0.4, -0.2) is 55.5 Å². The maximum atomic E-state index is 13.6. The number of carbonyl (C=O) groups excluding carboxylic acids is 1. The largest absolute Gasteiger partial charge is 0.356 e. The van der Waals surface area contributed by atoms with Crippen LogP contribution in [0.4, 0.5) is 5.82 Å². The summed E-state index contributed by atoms with van der Waals surface area (Å²) >= 11 is 0. The van der Waals surface area contributed by atoms with Crippen molar-refractivity contribution in [3.05, 3.63) is 66.2 Å². The van der Waals surface area contributed by atoms with Crippen molar-refractivity contribution >= 4 is 11.7 Å². The minimum atomic E-state index is -0.705. The van der Waals surface area contributed by atoms with Gasteiger partial charge in [-0.25, -0.2) is 14.6 Å². The molecule has 5 heterocycles. The zero-order valence-corrected chi connectivity index (χ0v) is 18.1. The van der Waals surface area contributed by atoms with Crippen LogP contribution in [0.5, 0.6) is 0 Å². The first-order valence-electron chi connectivity index (χ1n) is 11.3. The minimum Gasteiger partial charge on any atom is -0.356 e. The molecule has 2 aromatic heterocycles. The van der Waals surface area contributed by atoms with E-state index in [1.54, 1.807) is 11.0 Å². The Kier molecular flexibility index (Phi) is 4.50. The van der Waals surface area contributed by atoms with Gasteiger partial charge in [-0.3, -0.25) is 4.79 Å². The van der Waals surface area contributed by atoms with E-state index in [0.29, 0.717) is 12.8 Å². The highest BCUT2D eigenvalue weighted by molar-refractivity contribution is 5.88. The van der Waals surface area contributed by atoms with E-state index in [-0.39, 0.29) is 18.2 Å². The number of fused-ring (bicyclic) bond motifs is 1. The molecule has 1 spiro atoms. The fraction of sp³-hybridized carbons (Fsp3) is 0.417. The zero-order chi connectivity index (χ0) is 21.7. The first-order valence-corrected chi connectivity index (χ1v) is 11.3. The average molecular weight is 431 g/mol. The molecule has 8 heteroatoms. The van der Waals surface area contributed by atoms with Crippen LogP contribution in [0.1, 0.15) is 42.9 Å². The van der Waals surface area contributed by atoms with Crippen molar-refractivity contribution in [2.45, 2.75) is 50.5 Å². The predicted molar refractivity (Wildman–Crippen MR) is 118 cm³/mol.